The summed E-state index contributed by atoms with van der Waals surface area (Å²) in [7, 11) is 0. The predicted octanol–water partition coefficient (Wildman–Crippen LogP) is 4.36. The molecule has 0 aliphatic heterocycles. The van der Waals surface area contributed by atoms with Crippen molar-refractivity contribution in [3.05, 3.63) is 59.1 Å². The zero-order valence-corrected chi connectivity index (χ0v) is 10.2. The van der Waals surface area contributed by atoms with Crippen molar-refractivity contribution < 1.29 is 0 Å². The molecule has 0 radical (unpaired) electrons. The third-order valence-corrected chi connectivity index (χ3v) is 3.16. The highest BCUT2D eigenvalue weighted by atomic mass is 35.5. The van der Waals surface area contributed by atoms with Gasteiger partial charge < -0.3 is 4.98 Å². The Bertz CT molecular complexity index is 748. The highest BCUT2D eigenvalue weighted by Gasteiger charge is 2.04. The second-order valence-corrected chi connectivity index (χ2v) is 4.54. The third-order valence-electron chi connectivity index (χ3n) is 2.91. The van der Waals surface area contributed by atoms with E-state index in [1.807, 2.05) is 42.5 Å². The Morgan fingerprint density at radius 1 is 1.00 bits per heavy atom. The number of hydrogen-bond acceptors (Lipinski definition) is 1. The number of rotatable bonds is 1. The van der Waals surface area contributed by atoms with Crippen molar-refractivity contribution in [2.24, 2.45) is 0 Å². The first-order valence-corrected chi connectivity index (χ1v) is 5.93. The number of benzene rings is 2. The molecule has 3 rings (SSSR count). The van der Waals surface area contributed by atoms with Gasteiger partial charge in [-0.15, -0.1) is 0 Å². The van der Waals surface area contributed by atoms with E-state index in [-0.39, 0.29) is 0 Å². The van der Waals surface area contributed by atoms with Crippen LogP contribution in [0.25, 0.3) is 22.2 Å². The lowest BCUT2D eigenvalue weighted by Crippen LogP contribution is -1.76. The zero-order chi connectivity index (χ0) is 12.5. The van der Waals surface area contributed by atoms with E-state index in [1.54, 1.807) is 0 Å². The minimum Gasteiger partial charge on any atom is -0.354 e. The molecular formula is C15H9ClN2. The number of nitriles is 1. The van der Waals surface area contributed by atoms with Gasteiger partial charge in [-0.2, -0.15) is 5.26 Å². The topological polar surface area (TPSA) is 39.6 Å². The first-order chi connectivity index (χ1) is 8.76. The van der Waals surface area contributed by atoms with Crippen LogP contribution in [-0.2, 0) is 0 Å². The molecule has 0 atom stereocenters. The molecule has 0 saturated heterocycles. The van der Waals surface area contributed by atoms with Crippen LogP contribution in [0.2, 0.25) is 5.02 Å². The molecule has 0 spiro atoms. The molecule has 3 aromatic rings. The van der Waals surface area contributed by atoms with Gasteiger partial charge >= 0.3 is 0 Å². The van der Waals surface area contributed by atoms with E-state index < -0.39 is 0 Å². The Hall–Kier alpha value is -2.24. The van der Waals surface area contributed by atoms with Crippen LogP contribution >= 0.6 is 11.6 Å². The van der Waals surface area contributed by atoms with Gasteiger partial charge in [-0.05, 0) is 35.9 Å². The van der Waals surface area contributed by atoms with Crippen LogP contribution in [0, 0.1) is 11.3 Å². The summed E-state index contributed by atoms with van der Waals surface area (Å²) in [5, 5.41) is 10.7. The van der Waals surface area contributed by atoms with E-state index in [2.05, 4.69) is 17.1 Å². The summed E-state index contributed by atoms with van der Waals surface area (Å²) in [6, 6.07) is 17.5. The normalized spacial score (nSPS) is 10.4. The molecule has 2 aromatic carbocycles. The maximum Gasteiger partial charge on any atom is 0.0992 e. The summed E-state index contributed by atoms with van der Waals surface area (Å²) in [6.45, 7) is 0. The van der Waals surface area contributed by atoms with E-state index in [1.165, 1.54) is 0 Å². The summed E-state index contributed by atoms with van der Waals surface area (Å²) in [5.74, 6) is 0. The summed E-state index contributed by atoms with van der Waals surface area (Å²) >= 11 is 5.87. The average Bonchev–Trinajstić information content (AvgIpc) is 2.82. The van der Waals surface area contributed by atoms with Gasteiger partial charge in [-0.3, -0.25) is 0 Å². The molecule has 3 heteroatoms. The number of halogens is 1. The lowest BCUT2D eigenvalue weighted by molar-refractivity contribution is 1.44. The smallest absolute Gasteiger partial charge is 0.0992 e. The lowest BCUT2D eigenvalue weighted by atomic mass is 10.1. The Morgan fingerprint density at radius 3 is 2.50 bits per heavy atom. The monoisotopic (exact) mass is 252 g/mol. The number of H-pyrrole nitrogens is 1. The number of nitrogens with zero attached hydrogens (tertiary/aromatic N) is 1. The van der Waals surface area contributed by atoms with Crippen LogP contribution < -0.4 is 0 Å². The fraction of sp³-hybridized carbons (Fsp3) is 0. The van der Waals surface area contributed by atoms with Gasteiger partial charge in [0.1, 0.15) is 0 Å². The molecule has 0 bridgehead atoms. The summed E-state index contributed by atoms with van der Waals surface area (Å²) in [4.78, 5) is 3.31. The zero-order valence-electron chi connectivity index (χ0n) is 9.44. The van der Waals surface area contributed by atoms with Crippen LogP contribution in [0.15, 0.2) is 48.5 Å². The summed E-state index contributed by atoms with van der Waals surface area (Å²) in [5.41, 5.74) is 3.73. The van der Waals surface area contributed by atoms with Crippen molar-refractivity contribution in [2.45, 2.75) is 0 Å². The molecule has 0 saturated carbocycles. The Balaban J connectivity index is 2.13. The van der Waals surface area contributed by atoms with Crippen molar-refractivity contribution in [2.75, 3.05) is 0 Å². The first kappa shape index (κ1) is 10.9. The molecule has 86 valence electrons. The van der Waals surface area contributed by atoms with E-state index in [4.69, 9.17) is 16.9 Å². The van der Waals surface area contributed by atoms with Gasteiger partial charge in [-0.1, -0.05) is 29.8 Å². The SMILES string of the molecule is N#Cc1ccc2cc(-c3ccc(Cl)cc3)[nH]c2c1. The van der Waals surface area contributed by atoms with Gasteiger partial charge in [0.05, 0.1) is 11.6 Å². The van der Waals surface area contributed by atoms with Crippen LogP contribution in [0.3, 0.4) is 0 Å². The van der Waals surface area contributed by atoms with Gasteiger partial charge in [-0.25, -0.2) is 0 Å². The quantitative estimate of drug-likeness (QED) is 0.687. The van der Waals surface area contributed by atoms with Crippen molar-refractivity contribution in [3.63, 3.8) is 0 Å². The molecule has 18 heavy (non-hydrogen) atoms. The standard InChI is InChI=1S/C15H9ClN2/c16-13-5-3-11(4-6-13)15-8-12-2-1-10(9-17)7-14(12)18-15/h1-8,18H. The fourth-order valence-electron chi connectivity index (χ4n) is 1.98. The average molecular weight is 253 g/mol. The minimum atomic E-state index is 0.659. The summed E-state index contributed by atoms with van der Waals surface area (Å²) in [6.07, 6.45) is 0. The molecule has 0 aliphatic carbocycles. The number of hydrogen-bond donors (Lipinski definition) is 1. The molecule has 1 aromatic heterocycles. The largest absolute Gasteiger partial charge is 0.354 e. The summed E-state index contributed by atoms with van der Waals surface area (Å²) < 4.78 is 0. The highest BCUT2D eigenvalue weighted by molar-refractivity contribution is 6.30. The van der Waals surface area contributed by atoms with Gasteiger partial charge in [0.2, 0.25) is 0 Å². The van der Waals surface area contributed by atoms with Crippen molar-refractivity contribution >= 4 is 22.5 Å². The van der Waals surface area contributed by atoms with E-state index in [0.29, 0.717) is 5.56 Å². The second-order valence-electron chi connectivity index (χ2n) is 4.10. The van der Waals surface area contributed by atoms with Crippen LogP contribution in [0.4, 0.5) is 0 Å². The number of nitrogens with one attached hydrogen (secondary N) is 1. The van der Waals surface area contributed by atoms with Gasteiger partial charge in [0, 0.05) is 21.6 Å². The Morgan fingerprint density at radius 2 is 1.78 bits per heavy atom. The predicted molar refractivity (Wildman–Crippen MR) is 73.5 cm³/mol. The van der Waals surface area contributed by atoms with Crippen LogP contribution in [0.1, 0.15) is 5.56 Å². The molecule has 2 nitrogen and oxygen atoms in total. The van der Waals surface area contributed by atoms with Crippen molar-refractivity contribution in [1.82, 2.24) is 4.98 Å². The molecule has 0 amide bonds. The highest BCUT2D eigenvalue weighted by Crippen LogP contribution is 2.25. The molecule has 0 fully saturated rings. The van der Waals surface area contributed by atoms with Crippen LogP contribution in [-0.4, -0.2) is 4.98 Å². The minimum absolute atomic E-state index is 0.659. The van der Waals surface area contributed by atoms with Crippen LogP contribution in [0.5, 0.6) is 0 Å². The molecule has 0 aliphatic rings. The first-order valence-electron chi connectivity index (χ1n) is 5.55. The second kappa shape index (κ2) is 4.21. The van der Waals surface area contributed by atoms with E-state index in [9.17, 15) is 0 Å². The number of aromatic nitrogens is 1. The van der Waals surface area contributed by atoms with Gasteiger partial charge in [0.15, 0.2) is 0 Å². The third kappa shape index (κ3) is 1.85. The molecule has 1 heterocycles. The molecule has 1 N–H and O–H groups in total. The fourth-order valence-corrected chi connectivity index (χ4v) is 2.11. The van der Waals surface area contributed by atoms with Gasteiger partial charge in [0.25, 0.3) is 0 Å². The van der Waals surface area contributed by atoms with E-state index >= 15 is 0 Å². The van der Waals surface area contributed by atoms with E-state index in [0.717, 1.165) is 27.2 Å². The number of aromatic amines is 1. The maximum atomic E-state index is 8.87. The van der Waals surface area contributed by atoms with Crippen molar-refractivity contribution in [3.8, 4) is 17.3 Å². The number of fused-ring (bicyclic) bond motifs is 1. The maximum absolute atomic E-state index is 8.87. The van der Waals surface area contributed by atoms with Crippen molar-refractivity contribution in [1.29, 1.82) is 5.26 Å². The lowest BCUT2D eigenvalue weighted by Gasteiger charge is -1.97. The molecule has 0 unspecified atom stereocenters. The Kier molecular flexibility index (Phi) is 2.55. The molecular weight excluding hydrogens is 244 g/mol. The Labute approximate surface area is 109 Å².